The summed E-state index contributed by atoms with van der Waals surface area (Å²) in [5.41, 5.74) is 2.26. The Hall–Kier alpha value is -2.71. The van der Waals surface area contributed by atoms with Crippen molar-refractivity contribution in [2.45, 2.75) is 24.2 Å². The Morgan fingerprint density at radius 2 is 1.87 bits per heavy atom. The summed E-state index contributed by atoms with van der Waals surface area (Å²) in [6.07, 6.45) is 4.84. The highest BCUT2D eigenvalue weighted by Crippen LogP contribution is 2.29. The molecule has 1 heterocycles. The summed E-state index contributed by atoms with van der Waals surface area (Å²) in [6.45, 7) is 0. The van der Waals surface area contributed by atoms with Gasteiger partial charge in [-0.05, 0) is 53.9 Å². The van der Waals surface area contributed by atoms with E-state index in [1.165, 1.54) is 13.2 Å². The second-order valence-corrected chi connectivity index (χ2v) is 9.24. The summed E-state index contributed by atoms with van der Waals surface area (Å²) in [4.78, 5) is 16.3. The molecule has 0 saturated heterocycles. The molecule has 0 aliphatic heterocycles. The van der Waals surface area contributed by atoms with Crippen LogP contribution in [0.1, 0.15) is 17.5 Å². The highest BCUT2D eigenvalue weighted by Gasteiger charge is 2.20. The van der Waals surface area contributed by atoms with E-state index in [4.69, 9.17) is 4.74 Å². The maximum absolute atomic E-state index is 12.7. The van der Waals surface area contributed by atoms with Crippen LogP contribution in [-0.2, 0) is 27.7 Å². The Morgan fingerprint density at radius 1 is 1.10 bits per heavy atom. The number of nitrogens with zero attached hydrogens (tertiary/aromatic N) is 1. The van der Waals surface area contributed by atoms with Gasteiger partial charge in [-0.2, -0.15) is 0 Å². The summed E-state index contributed by atoms with van der Waals surface area (Å²) < 4.78 is 33.8. The van der Waals surface area contributed by atoms with E-state index < -0.39 is 10.0 Å². The number of sulfonamides is 1. The molecule has 0 unspecified atom stereocenters. The van der Waals surface area contributed by atoms with Gasteiger partial charge in [-0.15, -0.1) is 0 Å². The van der Waals surface area contributed by atoms with Crippen molar-refractivity contribution in [2.24, 2.45) is 0 Å². The zero-order valence-corrected chi connectivity index (χ0v) is 18.7. The van der Waals surface area contributed by atoms with Gasteiger partial charge in [-0.25, -0.2) is 8.42 Å². The van der Waals surface area contributed by atoms with Gasteiger partial charge in [0.2, 0.25) is 0 Å². The third kappa shape index (κ3) is 5.90. The van der Waals surface area contributed by atoms with Crippen molar-refractivity contribution in [2.75, 3.05) is 11.8 Å². The fourth-order valence-corrected chi connectivity index (χ4v) is 4.67. The molecule has 0 saturated carbocycles. The van der Waals surface area contributed by atoms with Crippen LogP contribution in [0.2, 0.25) is 0 Å². The topological polar surface area (TPSA) is 85.4 Å². The molecular weight excluding hydrogens is 468 g/mol. The van der Waals surface area contributed by atoms with Crippen LogP contribution in [0, 0.1) is 0 Å². The van der Waals surface area contributed by atoms with Crippen LogP contribution in [0.15, 0.2) is 76.4 Å². The highest BCUT2D eigenvalue weighted by atomic mass is 79.9. The van der Waals surface area contributed by atoms with Gasteiger partial charge in [0.1, 0.15) is 16.4 Å². The number of ether oxygens (including phenoxy) is 1. The van der Waals surface area contributed by atoms with Gasteiger partial charge in [0.25, 0.3) is 10.0 Å². The average molecular weight is 489 g/mol. The van der Waals surface area contributed by atoms with Gasteiger partial charge in [-0.1, -0.05) is 34.1 Å². The zero-order valence-electron chi connectivity index (χ0n) is 16.3. The van der Waals surface area contributed by atoms with E-state index in [0.717, 1.165) is 11.1 Å². The summed E-state index contributed by atoms with van der Waals surface area (Å²) in [7, 11) is -2.41. The number of Topliss-reactive ketones (excluding diaryl/α,β-unsaturated/α-hetero) is 1. The van der Waals surface area contributed by atoms with E-state index in [1.54, 1.807) is 48.8 Å². The Bertz CT molecular complexity index is 1120. The van der Waals surface area contributed by atoms with Crippen molar-refractivity contribution in [1.29, 1.82) is 0 Å². The normalized spacial score (nSPS) is 11.1. The Morgan fingerprint density at radius 3 is 2.53 bits per heavy atom. The van der Waals surface area contributed by atoms with E-state index in [0.29, 0.717) is 29.4 Å². The molecule has 0 atom stereocenters. The number of benzene rings is 2. The molecule has 0 bridgehead atoms. The number of methoxy groups -OCH3 is 1. The number of pyridine rings is 1. The molecule has 156 valence electrons. The number of aromatic nitrogens is 1. The van der Waals surface area contributed by atoms with Gasteiger partial charge >= 0.3 is 0 Å². The second-order valence-electron chi connectivity index (χ2n) is 6.67. The van der Waals surface area contributed by atoms with Gasteiger partial charge in [0.15, 0.2) is 0 Å². The zero-order chi connectivity index (χ0) is 21.6. The lowest BCUT2D eigenvalue weighted by Gasteiger charge is -2.12. The summed E-state index contributed by atoms with van der Waals surface area (Å²) in [6, 6.07) is 15.4. The number of nitrogens with one attached hydrogen (secondary N) is 1. The molecule has 30 heavy (non-hydrogen) atoms. The SMILES string of the molecule is COc1ccc(Br)cc1S(=O)(=O)Nc1ccc(CC(=O)CCc2cccnc2)cc1. The van der Waals surface area contributed by atoms with E-state index >= 15 is 0 Å². The molecule has 3 aromatic rings. The van der Waals surface area contributed by atoms with Crippen LogP contribution < -0.4 is 9.46 Å². The van der Waals surface area contributed by atoms with Gasteiger partial charge in [-0.3, -0.25) is 14.5 Å². The number of halogens is 1. The second kappa shape index (κ2) is 9.86. The van der Waals surface area contributed by atoms with E-state index in [1.807, 2.05) is 12.1 Å². The van der Waals surface area contributed by atoms with Crippen molar-refractivity contribution in [1.82, 2.24) is 4.98 Å². The number of hydrogen-bond acceptors (Lipinski definition) is 5. The van der Waals surface area contributed by atoms with Crippen LogP contribution in [0.5, 0.6) is 5.75 Å². The van der Waals surface area contributed by atoms with Crippen LogP contribution >= 0.6 is 15.9 Å². The molecular formula is C22H21BrN2O4S. The molecule has 6 nitrogen and oxygen atoms in total. The number of aryl methyl sites for hydroxylation is 1. The van der Waals surface area contributed by atoms with Crippen molar-refractivity contribution in [3.8, 4) is 5.75 Å². The largest absolute Gasteiger partial charge is 0.495 e. The number of carbonyl (C=O) groups is 1. The van der Waals surface area contributed by atoms with E-state index in [-0.39, 0.29) is 16.4 Å². The Kier molecular flexibility index (Phi) is 7.23. The minimum atomic E-state index is -3.83. The molecule has 0 aliphatic carbocycles. The van der Waals surface area contributed by atoms with Crippen LogP contribution in [0.4, 0.5) is 5.69 Å². The maximum atomic E-state index is 12.7. The minimum absolute atomic E-state index is 0.0361. The molecule has 0 amide bonds. The quantitative estimate of drug-likeness (QED) is 0.482. The first kappa shape index (κ1) is 22.0. The maximum Gasteiger partial charge on any atom is 0.265 e. The van der Waals surface area contributed by atoms with Gasteiger partial charge < -0.3 is 4.74 Å². The van der Waals surface area contributed by atoms with E-state index in [9.17, 15) is 13.2 Å². The number of ketones is 1. The summed E-state index contributed by atoms with van der Waals surface area (Å²) in [5.74, 6) is 0.368. The first-order chi connectivity index (χ1) is 14.4. The molecule has 1 aromatic heterocycles. The summed E-state index contributed by atoms with van der Waals surface area (Å²) in [5, 5.41) is 0. The van der Waals surface area contributed by atoms with Crippen molar-refractivity contribution in [3.63, 3.8) is 0 Å². The Balaban J connectivity index is 1.63. The standard InChI is InChI=1S/C22H21BrN2O4S/c1-29-21-11-7-18(23)14-22(21)30(27,28)25-19-8-4-16(5-9-19)13-20(26)10-6-17-3-2-12-24-15-17/h2-5,7-9,11-12,14-15,25H,6,10,13H2,1H3. The monoisotopic (exact) mass is 488 g/mol. The predicted molar refractivity (Wildman–Crippen MR) is 119 cm³/mol. The lowest BCUT2D eigenvalue weighted by Crippen LogP contribution is -2.14. The lowest BCUT2D eigenvalue weighted by molar-refractivity contribution is -0.118. The Labute approximate surface area is 184 Å². The summed E-state index contributed by atoms with van der Waals surface area (Å²) >= 11 is 3.28. The molecule has 8 heteroatoms. The third-order valence-corrected chi connectivity index (χ3v) is 6.33. The fraction of sp³-hybridized carbons (Fsp3) is 0.182. The molecule has 0 spiro atoms. The minimum Gasteiger partial charge on any atom is -0.495 e. The first-order valence-electron chi connectivity index (χ1n) is 9.23. The number of anilines is 1. The molecule has 1 N–H and O–H groups in total. The van der Waals surface area contributed by atoms with Crippen molar-refractivity contribution < 1.29 is 17.9 Å². The molecule has 2 aromatic carbocycles. The molecule has 0 fully saturated rings. The van der Waals surface area contributed by atoms with Crippen LogP contribution in [-0.4, -0.2) is 26.3 Å². The van der Waals surface area contributed by atoms with Crippen molar-refractivity contribution >= 4 is 37.4 Å². The highest BCUT2D eigenvalue weighted by molar-refractivity contribution is 9.10. The van der Waals surface area contributed by atoms with E-state index in [2.05, 4.69) is 25.6 Å². The first-order valence-corrected chi connectivity index (χ1v) is 11.5. The van der Waals surface area contributed by atoms with Crippen LogP contribution in [0.3, 0.4) is 0 Å². The van der Waals surface area contributed by atoms with Crippen molar-refractivity contribution in [3.05, 3.63) is 82.6 Å². The molecule has 0 radical (unpaired) electrons. The predicted octanol–water partition coefficient (Wildman–Crippen LogP) is 4.40. The van der Waals surface area contributed by atoms with Crippen LogP contribution in [0.25, 0.3) is 0 Å². The number of hydrogen-bond donors (Lipinski definition) is 1. The van der Waals surface area contributed by atoms with Gasteiger partial charge in [0, 0.05) is 35.4 Å². The fourth-order valence-electron chi connectivity index (χ4n) is 2.91. The average Bonchev–Trinajstić information content (AvgIpc) is 2.74. The number of carbonyl (C=O) groups excluding carboxylic acids is 1. The number of rotatable bonds is 9. The van der Waals surface area contributed by atoms with Gasteiger partial charge in [0.05, 0.1) is 7.11 Å². The lowest BCUT2D eigenvalue weighted by atomic mass is 10.0. The smallest absolute Gasteiger partial charge is 0.265 e. The molecule has 3 rings (SSSR count). The molecule has 0 aliphatic rings. The third-order valence-electron chi connectivity index (χ3n) is 4.44.